The van der Waals surface area contributed by atoms with E-state index in [0.717, 1.165) is 120 Å². The van der Waals surface area contributed by atoms with Crippen LogP contribution >= 0.6 is 0 Å². The average molecular weight is 866 g/mol. The normalized spacial score (nSPS) is 11.9. The largest absolute Gasteiger partial charge is 0.493 e. The summed E-state index contributed by atoms with van der Waals surface area (Å²) in [5.74, 6) is -0.111. The fourth-order valence-corrected chi connectivity index (χ4v) is 7.02. The number of carbonyl (C=O) groups is 3. The Morgan fingerprint density at radius 2 is 0.806 bits per heavy atom. The lowest BCUT2D eigenvalue weighted by atomic mass is 10.1. The van der Waals surface area contributed by atoms with Crippen LogP contribution in [0.1, 0.15) is 198 Å². The minimum absolute atomic E-state index is 0.192. The van der Waals surface area contributed by atoms with Crippen LogP contribution in [0.5, 0.6) is 11.5 Å². The van der Waals surface area contributed by atoms with E-state index >= 15 is 0 Å². The van der Waals surface area contributed by atoms with Crippen molar-refractivity contribution in [2.75, 3.05) is 33.9 Å². The SMILES string of the molecule is CN(C)CC(=O)OCc1cc(OCCCCCCCC/C=C\C/C=C\CCCCCCCC(=O)O)cc(OCCCCCCCC/C=C\C/C=C\CCCCCCCC(=O)O)c1. The molecule has 1 aromatic carbocycles. The molecule has 0 amide bonds. The number of hydrogen-bond donors (Lipinski definition) is 2. The summed E-state index contributed by atoms with van der Waals surface area (Å²) in [6.45, 7) is 1.74. The quantitative estimate of drug-likeness (QED) is 0.0375. The lowest BCUT2D eigenvalue weighted by molar-refractivity contribution is -0.145. The zero-order valence-electron chi connectivity index (χ0n) is 39.2. The van der Waals surface area contributed by atoms with Crippen molar-refractivity contribution < 1.29 is 38.8 Å². The van der Waals surface area contributed by atoms with Crippen LogP contribution in [0.4, 0.5) is 0 Å². The van der Waals surface area contributed by atoms with E-state index in [2.05, 4.69) is 48.6 Å². The summed E-state index contributed by atoms with van der Waals surface area (Å²) >= 11 is 0. The molecule has 0 fully saturated rings. The molecule has 2 N–H and O–H groups in total. The lowest BCUT2D eigenvalue weighted by Crippen LogP contribution is -2.23. The highest BCUT2D eigenvalue weighted by Crippen LogP contribution is 2.25. The van der Waals surface area contributed by atoms with Gasteiger partial charge in [-0.1, -0.05) is 138 Å². The van der Waals surface area contributed by atoms with Crippen LogP contribution < -0.4 is 9.47 Å². The van der Waals surface area contributed by atoms with Gasteiger partial charge < -0.3 is 24.4 Å². The highest BCUT2D eigenvalue weighted by atomic mass is 16.5. The van der Waals surface area contributed by atoms with E-state index in [4.69, 9.17) is 24.4 Å². The maximum absolute atomic E-state index is 12.2. The van der Waals surface area contributed by atoms with Crippen LogP contribution in [0.25, 0.3) is 0 Å². The van der Waals surface area contributed by atoms with Gasteiger partial charge >= 0.3 is 17.9 Å². The predicted molar refractivity (Wildman–Crippen MR) is 256 cm³/mol. The zero-order valence-corrected chi connectivity index (χ0v) is 39.2. The van der Waals surface area contributed by atoms with E-state index in [1.54, 1.807) is 4.90 Å². The number of carboxylic acids is 2. The van der Waals surface area contributed by atoms with Crippen molar-refractivity contribution in [3.63, 3.8) is 0 Å². The summed E-state index contributed by atoms with van der Waals surface area (Å²) in [7, 11) is 3.70. The van der Waals surface area contributed by atoms with Crippen LogP contribution in [0.15, 0.2) is 66.8 Å². The lowest BCUT2D eigenvalue weighted by Gasteiger charge is -2.14. The third-order valence-corrected chi connectivity index (χ3v) is 10.6. The summed E-state index contributed by atoms with van der Waals surface area (Å²) in [4.78, 5) is 35.1. The second-order valence-electron chi connectivity index (χ2n) is 17.0. The molecule has 0 aliphatic carbocycles. The maximum Gasteiger partial charge on any atom is 0.320 e. The van der Waals surface area contributed by atoms with Crippen molar-refractivity contribution in [1.82, 2.24) is 4.90 Å². The van der Waals surface area contributed by atoms with Gasteiger partial charge in [-0.3, -0.25) is 19.3 Å². The van der Waals surface area contributed by atoms with Gasteiger partial charge in [0.15, 0.2) is 0 Å². The molecule has 0 saturated heterocycles. The Kier molecular flexibility index (Phi) is 38.5. The number of benzene rings is 1. The fourth-order valence-electron chi connectivity index (χ4n) is 7.02. The molecule has 0 aliphatic rings. The van der Waals surface area contributed by atoms with Crippen LogP contribution in [0.3, 0.4) is 0 Å². The van der Waals surface area contributed by atoms with Crippen LogP contribution in [-0.2, 0) is 25.7 Å². The number of nitrogens with zero attached hydrogens (tertiary/aromatic N) is 1. The number of aliphatic carboxylic acids is 2. The van der Waals surface area contributed by atoms with Crippen LogP contribution in [-0.4, -0.2) is 66.9 Å². The zero-order chi connectivity index (χ0) is 45.0. The summed E-state index contributed by atoms with van der Waals surface area (Å²) in [5.41, 5.74) is 0.872. The highest BCUT2D eigenvalue weighted by molar-refractivity contribution is 5.71. The first kappa shape index (κ1) is 56.2. The second-order valence-corrected chi connectivity index (χ2v) is 17.0. The Bertz CT molecular complexity index is 1280. The molecule has 352 valence electrons. The van der Waals surface area contributed by atoms with Gasteiger partial charge in [0.1, 0.15) is 18.1 Å². The number of hydrogen-bond acceptors (Lipinski definition) is 7. The van der Waals surface area contributed by atoms with E-state index in [1.165, 1.54) is 77.0 Å². The van der Waals surface area contributed by atoms with Crippen molar-refractivity contribution in [2.45, 2.75) is 199 Å². The molecule has 0 aromatic heterocycles. The molecule has 0 bridgehead atoms. The average Bonchev–Trinajstić information content (AvgIpc) is 3.23. The summed E-state index contributed by atoms with van der Waals surface area (Å²) in [6, 6.07) is 5.88. The molecular weight excluding hydrogens is 779 g/mol. The minimum Gasteiger partial charge on any atom is -0.493 e. The highest BCUT2D eigenvalue weighted by Gasteiger charge is 2.09. The van der Waals surface area contributed by atoms with Crippen molar-refractivity contribution in [3.05, 3.63) is 72.4 Å². The van der Waals surface area contributed by atoms with Crippen molar-refractivity contribution >= 4 is 17.9 Å². The molecule has 62 heavy (non-hydrogen) atoms. The number of likely N-dealkylation sites (N-methyl/N-ethyl adjacent to an activating group) is 1. The van der Waals surface area contributed by atoms with Gasteiger partial charge in [-0.2, -0.15) is 0 Å². The molecule has 0 aliphatic heterocycles. The molecule has 0 radical (unpaired) electrons. The van der Waals surface area contributed by atoms with Gasteiger partial charge in [0.25, 0.3) is 0 Å². The van der Waals surface area contributed by atoms with E-state index in [-0.39, 0.29) is 19.1 Å². The molecule has 9 nitrogen and oxygen atoms in total. The standard InChI is InChI=1S/C53H87NO8/c1-54(2)46-53(59)62-47-48-43-49(60-41-37-33-29-25-21-17-13-9-5-3-7-11-15-19-23-27-31-35-39-51(55)56)45-50(44-48)61-42-38-34-30-26-22-18-14-10-6-4-8-12-16-20-24-28-32-36-40-52(57)58/h5-12,43-45H,3-4,13-42,46-47H2,1-2H3,(H,55,56)(H,57,58)/b9-5-,10-6-,11-7-,12-8-. The van der Waals surface area contributed by atoms with E-state index in [9.17, 15) is 14.4 Å². The first-order valence-electron chi connectivity index (χ1n) is 24.5. The number of rotatable bonds is 44. The Morgan fingerprint density at radius 1 is 0.468 bits per heavy atom. The molecular formula is C53H87NO8. The summed E-state index contributed by atoms with van der Waals surface area (Å²) in [5, 5.41) is 17.4. The Labute approximate surface area is 377 Å². The van der Waals surface area contributed by atoms with Gasteiger partial charge in [-0.25, -0.2) is 0 Å². The number of carbonyl (C=O) groups excluding carboxylic acids is 1. The fraction of sp³-hybridized carbons (Fsp3) is 0.679. The summed E-state index contributed by atoms with van der Waals surface area (Å²) in [6.07, 6.45) is 50.1. The predicted octanol–water partition coefficient (Wildman–Crippen LogP) is 14.1. The molecule has 0 atom stereocenters. The molecule has 0 spiro atoms. The molecule has 0 unspecified atom stereocenters. The number of carboxylic acid groups (broad SMARTS) is 2. The van der Waals surface area contributed by atoms with Gasteiger partial charge in [-0.15, -0.1) is 0 Å². The molecule has 9 heteroatoms. The molecule has 1 rings (SSSR count). The van der Waals surface area contributed by atoms with Crippen LogP contribution in [0, 0.1) is 0 Å². The number of ether oxygens (including phenoxy) is 3. The Morgan fingerprint density at radius 3 is 1.16 bits per heavy atom. The van der Waals surface area contributed by atoms with E-state index < -0.39 is 11.9 Å². The topological polar surface area (TPSA) is 123 Å². The Hall–Kier alpha value is -3.85. The van der Waals surface area contributed by atoms with Crippen molar-refractivity contribution in [2.24, 2.45) is 0 Å². The third-order valence-electron chi connectivity index (χ3n) is 10.6. The summed E-state index contributed by atoms with van der Waals surface area (Å²) < 4.78 is 17.9. The second kappa shape index (κ2) is 42.5. The number of unbranched alkanes of at least 4 members (excludes halogenated alkanes) is 22. The van der Waals surface area contributed by atoms with Gasteiger partial charge in [0.2, 0.25) is 0 Å². The van der Waals surface area contributed by atoms with Gasteiger partial charge in [0.05, 0.1) is 19.8 Å². The van der Waals surface area contributed by atoms with E-state index in [0.29, 0.717) is 26.1 Å². The first-order chi connectivity index (χ1) is 30.3. The third kappa shape index (κ3) is 40.2. The molecule has 0 saturated carbocycles. The van der Waals surface area contributed by atoms with Gasteiger partial charge in [0, 0.05) is 18.9 Å². The monoisotopic (exact) mass is 866 g/mol. The molecule has 1 aromatic rings. The minimum atomic E-state index is -0.688. The smallest absolute Gasteiger partial charge is 0.320 e. The van der Waals surface area contributed by atoms with Crippen molar-refractivity contribution in [3.8, 4) is 11.5 Å². The number of allylic oxidation sites excluding steroid dienone is 8. The Balaban J connectivity index is 2.19. The number of esters is 1. The van der Waals surface area contributed by atoms with Crippen LogP contribution in [0.2, 0.25) is 0 Å². The van der Waals surface area contributed by atoms with Crippen molar-refractivity contribution in [1.29, 1.82) is 0 Å². The maximum atomic E-state index is 12.2. The molecule has 0 heterocycles. The van der Waals surface area contributed by atoms with E-state index in [1.807, 2.05) is 32.3 Å². The van der Waals surface area contributed by atoms with Gasteiger partial charge in [-0.05, 0) is 122 Å². The first-order valence-corrected chi connectivity index (χ1v) is 24.5.